The molecular formula is H4N2O3. The minimum absolute atomic E-state index is 2.75. The van der Waals surface area contributed by atoms with Gasteiger partial charge in [0.25, 0.3) is 0 Å². The van der Waals surface area contributed by atoms with Crippen molar-refractivity contribution in [3.8, 4) is 0 Å². The predicted octanol–water partition coefficient (Wildman–Crippen LogP) is -1.05. The molecule has 5 nitrogen and oxygen atoms in total. The van der Waals surface area contributed by atoms with Crippen LogP contribution in [0.5, 0.6) is 0 Å². The van der Waals surface area contributed by atoms with Crippen molar-refractivity contribution in [3.63, 3.8) is 0 Å². The van der Waals surface area contributed by atoms with Gasteiger partial charge in [-0.3, -0.25) is 0 Å². The summed E-state index contributed by atoms with van der Waals surface area (Å²) >= 11 is 0. The molecule has 0 bridgehead atoms. The topological polar surface area (TPSA) is 89.5 Å². The summed E-state index contributed by atoms with van der Waals surface area (Å²) in [6, 6.07) is 0. The molecule has 0 aliphatic rings. The highest BCUT2D eigenvalue weighted by molar-refractivity contribution is 3.81. The average Bonchev–Trinajstić information content (AvgIpc) is 0.722. The van der Waals surface area contributed by atoms with E-state index in [2.05, 4.69) is 5.84 Å². The zero-order valence-corrected chi connectivity index (χ0v) is 2.33. The summed E-state index contributed by atoms with van der Waals surface area (Å²) in [7, 11) is 0. The van der Waals surface area contributed by atoms with Gasteiger partial charge in [0.2, 0.25) is 0 Å². The maximum absolute atomic E-state index is 8.93. The molecule has 0 radical (unpaired) electrons. The largest absolute Gasteiger partial charge is 0.543 e. The Morgan fingerprint density at radius 3 is 1.60 bits per heavy atom. The third-order valence-corrected chi connectivity index (χ3v) is 0. The van der Waals surface area contributed by atoms with Crippen molar-refractivity contribution in [2.75, 3.05) is 0 Å². The normalized spacial score (nSPS) is 12.0. The molecule has 0 aromatic carbocycles. The fraction of sp³-hybridized carbons (Fsp3) is 0. The maximum atomic E-state index is 8.93. The predicted molar refractivity (Wildman–Crippen MR) is 11.4 cm³/mol. The molecule has 0 aliphatic heterocycles. The Labute approximate surface area is 27.9 Å². The summed E-state index contributed by atoms with van der Waals surface area (Å²) in [4.78, 5) is 0. The molecule has 0 saturated heterocycles. The van der Waals surface area contributed by atoms with Crippen molar-refractivity contribution < 1.29 is 15.5 Å². The second-order valence-electron chi connectivity index (χ2n) is 0.589. The first-order chi connectivity index (χ1) is 2.00. The van der Waals surface area contributed by atoms with E-state index in [0.29, 0.717) is 0 Å². The summed E-state index contributed by atoms with van der Waals surface area (Å²) in [6.45, 7) is 0. The Morgan fingerprint density at radius 2 is 1.60 bits per heavy atom. The van der Waals surface area contributed by atoms with Gasteiger partial charge in [0.05, 0.1) is 0 Å². The monoisotopic (exact) mass is 80.0 g/mol. The van der Waals surface area contributed by atoms with E-state index in [4.69, 9.17) is 15.6 Å². The van der Waals surface area contributed by atoms with E-state index in [1.165, 1.54) is 0 Å². The van der Waals surface area contributed by atoms with Crippen molar-refractivity contribution in [1.82, 2.24) is 0 Å². The van der Waals surface area contributed by atoms with Crippen LogP contribution in [0.25, 0.3) is 0 Å². The quantitative estimate of drug-likeness (QED) is 0.197. The Balaban J connectivity index is 3.02. The van der Waals surface area contributed by atoms with Gasteiger partial charge in [-0.2, -0.15) is 10.4 Å². The summed E-state index contributed by atoms with van der Waals surface area (Å²) < 4.78 is 0. The lowest BCUT2D eigenvalue weighted by Crippen LogP contribution is -2.41. The first-order valence-electron chi connectivity index (χ1n) is 0.841. The number of hydrogen-bond donors (Lipinski definition) is 3. The van der Waals surface area contributed by atoms with Crippen LogP contribution in [0.2, 0.25) is 0 Å². The molecule has 0 saturated carbocycles. The zero-order valence-electron chi connectivity index (χ0n) is 2.33. The van der Waals surface area contributed by atoms with E-state index in [1.54, 1.807) is 0 Å². The van der Waals surface area contributed by atoms with Crippen molar-refractivity contribution in [2.24, 2.45) is 5.84 Å². The Hall–Kier alpha value is -0.200. The Kier molecular flexibility index (Phi) is 0.850. The molecular weight excluding hydrogens is 76.0 g/mol. The van der Waals surface area contributed by atoms with E-state index in [9.17, 15) is 0 Å². The molecule has 5 heteroatoms. The molecule has 0 heterocycles. The second-order valence-corrected chi connectivity index (χ2v) is 0.589. The number of hydrogen-bond acceptors (Lipinski definition) is 4. The van der Waals surface area contributed by atoms with Crippen LogP contribution in [-0.4, -0.2) is 15.5 Å². The maximum Gasteiger partial charge on any atom is 0.00140 e. The first kappa shape index (κ1) is 4.80. The standard InChI is InChI=1S/H4N2O3/c1-2(3,4)5/h3-4H,1H2. The summed E-state index contributed by atoms with van der Waals surface area (Å²) in [5.41, 5.74) is 0. The lowest BCUT2D eigenvalue weighted by atomic mass is 12.5. The minimum Gasteiger partial charge on any atom is -0.543 e. The van der Waals surface area contributed by atoms with Crippen molar-refractivity contribution in [1.29, 1.82) is 0 Å². The number of rotatable bonds is 0. The van der Waals surface area contributed by atoms with E-state index in [0.717, 1.165) is 0 Å². The van der Waals surface area contributed by atoms with E-state index < -0.39 is 5.08 Å². The molecule has 0 fully saturated rings. The third kappa shape index (κ3) is 308. The summed E-state index contributed by atoms with van der Waals surface area (Å²) in [5, 5.41) is 20.7. The van der Waals surface area contributed by atoms with Crippen LogP contribution < -0.4 is 5.84 Å². The fourth-order valence-electron chi connectivity index (χ4n) is 0. The number of nitrogens with zero attached hydrogens (tertiary/aromatic N) is 1. The molecule has 0 unspecified atom stereocenters. The Morgan fingerprint density at radius 1 is 1.60 bits per heavy atom. The van der Waals surface area contributed by atoms with Gasteiger partial charge in [0.1, 0.15) is 0 Å². The van der Waals surface area contributed by atoms with Gasteiger partial charge in [-0.05, 0) is 0 Å². The lowest BCUT2D eigenvalue weighted by Gasteiger charge is -2.13. The second kappa shape index (κ2) is 0.886. The van der Waals surface area contributed by atoms with Gasteiger partial charge in [-0.25, -0.2) is 0 Å². The molecule has 0 aromatic heterocycles. The number of nitrogens with two attached hydrogens (primary N) is 1. The fourth-order valence-corrected chi connectivity index (χ4v) is 0. The highest BCUT2D eigenvalue weighted by Crippen LogP contribution is 1.67. The highest BCUT2D eigenvalue weighted by Gasteiger charge is 1.89. The van der Waals surface area contributed by atoms with Crippen LogP contribution in [0.1, 0.15) is 0 Å². The van der Waals surface area contributed by atoms with Gasteiger partial charge >= 0.3 is 0 Å². The van der Waals surface area contributed by atoms with Crippen LogP contribution >= 0.6 is 0 Å². The highest BCUT2D eigenvalue weighted by atomic mass is 17.1. The average molecular weight is 80.0 g/mol. The molecule has 0 aliphatic carbocycles. The van der Waals surface area contributed by atoms with Crippen molar-refractivity contribution in [2.45, 2.75) is 0 Å². The van der Waals surface area contributed by atoms with Crippen LogP contribution in [-0.2, 0) is 0 Å². The lowest BCUT2D eigenvalue weighted by molar-refractivity contribution is -1.22. The van der Waals surface area contributed by atoms with Gasteiger partial charge in [-0.15, -0.1) is 5.84 Å². The Bertz CT molecular complexity index is 20.4. The zero-order chi connectivity index (χ0) is 4.50. The van der Waals surface area contributed by atoms with Gasteiger partial charge in [-0.1, -0.05) is 0 Å². The van der Waals surface area contributed by atoms with Gasteiger partial charge in [0, 0.05) is 5.08 Å². The van der Waals surface area contributed by atoms with Crippen LogP contribution in [0.3, 0.4) is 0 Å². The van der Waals surface area contributed by atoms with E-state index in [1.807, 2.05) is 0 Å². The molecule has 0 atom stereocenters. The summed E-state index contributed by atoms with van der Waals surface area (Å²) in [6.07, 6.45) is 0. The summed E-state index contributed by atoms with van der Waals surface area (Å²) in [5.74, 6) is 3.85. The van der Waals surface area contributed by atoms with Crippen LogP contribution in [0.15, 0.2) is 0 Å². The molecule has 0 spiro atoms. The molecule has 32 valence electrons. The number of quaternary nitrogens is 1. The molecule has 0 rings (SSSR count). The smallest absolute Gasteiger partial charge is 0.00140 e. The van der Waals surface area contributed by atoms with Crippen molar-refractivity contribution in [3.05, 3.63) is 5.21 Å². The third-order valence-electron chi connectivity index (χ3n) is 0. The van der Waals surface area contributed by atoms with E-state index in [-0.39, 0.29) is 0 Å². The SMILES string of the molecule is N[N+]([O-])(O)O. The van der Waals surface area contributed by atoms with Crippen LogP contribution in [0.4, 0.5) is 0 Å². The van der Waals surface area contributed by atoms with Gasteiger partial charge < -0.3 is 5.21 Å². The molecule has 0 amide bonds. The van der Waals surface area contributed by atoms with Crippen LogP contribution in [0, 0.1) is 5.21 Å². The van der Waals surface area contributed by atoms with E-state index >= 15 is 0 Å². The first-order valence-corrected chi connectivity index (χ1v) is 0.841. The molecule has 5 heavy (non-hydrogen) atoms. The van der Waals surface area contributed by atoms with Gasteiger partial charge in [0.15, 0.2) is 0 Å². The molecule has 0 aromatic rings. The minimum atomic E-state index is -2.75. The van der Waals surface area contributed by atoms with Crippen molar-refractivity contribution >= 4 is 0 Å². The molecule has 4 N–H and O–H groups in total.